The zero-order valence-corrected chi connectivity index (χ0v) is 15.8. The van der Waals surface area contributed by atoms with E-state index >= 15 is 0 Å². The van der Waals surface area contributed by atoms with Crippen LogP contribution in [0.5, 0.6) is 5.75 Å². The Balaban J connectivity index is 1.65. The highest BCUT2D eigenvalue weighted by molar-refractivity contribution is 5.83. The average Bonchev–Trinajstić information content (AvgIpc) is 2.67. The Labute approximate surface area is 158 Å². The zero-order valence-electron chi connectivity index (χ0n) is 15.8. The smallest absolute Gasteiger partial charge is 0.275 e. The second kappa shape index (κ2) is 8.03. The highest BCUT2D eigenvalue weighted by Crippen LogP contribution is 2.16. The van der Waals surface area contributed by atoms with Crippen LogP contribution in [0, 0.1) is 13.8 Å². The monoisotopic (exact) mass is 365 g/mol. The SMILES string of the molecule is Cc1ccccc1OCCN(C)C(=O)Cn1nc(C)c2ccccc2c1=O. The van der Waals surface area contributed by atoms with Gasteiger partial charge < -0.3 is 9.64 Å². The quantitative estimate of drug-likeness (QED) is 0.673. The van der Waals surface area contributed by atoms with Crippen molar-refractivity contribution in [2.45, 2.75) is 20.4 Å². The standard InChI is InChI=1S/C21H23N3O3/c1-15-8-4-7-11-19(15)27-13-12-23(3)20(25)14-24-21(26)18-10-6-5-9-17(18)16(2)22-24/h4-11H,12-14H2,1-3H3. The molecule has 0 N–H and O–H groups in total. The number of carbonyl (C=O) groups excluding carboxylic acids is 1. The van der Waals surface area contributed by atoms with Gasteiger partial charge in [0.2, 0.25) is 5.91 Å². The molecule has 0 aliphatic heterocycles. The minimum Gasteiger partial charge on any atom is -0.491 e. The molecular weight excluding hydrogens is 342 g/mol. The van der Waals surface area contributed by atoms with Crippen molar-refractivity contribution in [3.05, 3.63) is 70.1 Å². The van der Waals surface area contributed by atoms with Crippen LogP contribution in [0.25, 0.3) is 10.8 Å². The number of carbonyl (C=O) groups is 1. The van der Waals surface area contributed by atoms with E-state index in [1.54, 1.807) is 18.0 Å². The third-order valence-electron chi connectivity index (χ3n) is 4.54. The van der Waals surface area contributed by atoms with Crippen molar-refractivity contribution < 1.29 is 9.53 Å². The number of para-hydroxylation sites is 1. The third kappa shape index (κ3) is 4.16. The Hall–Kier alpha value is -3.15. The maximum absolute atomic E-state index is 12.6. The third-order valence-corrected chi connectivity index (χ3v) is 4.54. The summed E-state index contributed by atoms with van der Waals surface area (Å²) < 4.78 is 6.97. The van der Waals surface area contributed by atoms with Crippen LogP contribution in [0.1, 0.15) is 11.3 Å². The maximum Gasteiger partial charge on any atom is 0.275 e. The van der Waals surface area contributed by atoms with Crippen LogP contribution in [0.2, 0.25) is 0 Å². The Bertz CT molecular complexity index is 1030. The number of rotatable bonds is 6. The number of aryl methyl sites for hydroxylation is 2. The predicted octanol–water partition coefficient (Wildman–Crippen LogP) is 2.55. The van der Waals surface area contributed by atoms with Crippen molar-refractivity contribution in [1.82, 2.24) is 14.7 Å². The number of amides is 1. The van der Waals surface area contributed by atoms with Crippen molar-refractivity contribution in [3.8, 4) is 5.75 Å². The van der Waals surface area contributed by atoms with E-state index in [0.717, 1.165) is 22.4 Å². The van der Waals surface area contributed by atoms with E-state index in [1.807, 2.05) is 56.3 Å². The van der Waals surface area contributed by atoms with Gasteiger partial charge in [-0.2, -0.15) is 5.10 Å². The van der Waals surface area contributed by atoms with Crippen molar-refractivity contribution in [2.75, 3.05) is 20.2 Å². The summed E-state index contributed by atoms with van der Waals surface area (Å²) in [5.74, 6) is 0.619. The lowest BCUT2D eigenvalue weighted by Crippen LogP contribution is -2.37. The Morgan fingerprint density at radius 1 is 1.07 bits per heavy atom. The summed E-state index contributed by atoms with van der Waals surface area (Å²) in [5.41, 5.74) is 1.52. The van der Waals surface area contributed by atoms with Gasteiger partial charge in [0.05, 0.1) is 17.6 Å². The molecule has 0 atom stereocenters. The number of benzene rings is 2. The molecule has 0 aliphatic carbocycles. The van der Waals surface area contributed by atoms with E-state index in [4.69, 9.17) is 4.74 Å². The highest BCUT2D eigenvalue weighted by Gasteiger charge is 2.14. The van der Waals surface area contributed by atoms with Crippen LogP contribution in [0.15, 0.2) is 53.3 Å². The predicted molar refractivity (Wildman–Crippen MR) is 105 cm³/mol. The Kier molecular flexibility index (Phi) is 5.54. The van der Waals surface area contributed by atoms with Crippen LogP contribution in [-0.2, 0) is 11.3 Å². The van der Waals surface area contributed by atoms with Gasteiger partial charge in [0, 0.05) is 12.4 Å². The molecule has 1 amide bonds. The molecule has 1 aromatic heterocycles. The molecule has 27 heavy (non-hydrogen) atoms. The molecule has 0 saturated carbocycles. The van der Waals surface area contributed by atoms with Gasteiger partial charge in [-0.05, 0) is 31.5 Å². The lowest BCUT2D eigenvalue weighted by molar-refractivity contribution is -0.131. The van der Waals surface area contributed by atoms with E-state index in [9.17, 15) is 9.59 Å². The Morgan fingerprint density at radius 3 is 2.48 bits per heavy atom. The van der Waals surface area contributed by atoms with Gasteiger partial charge in [-0.15, -0.1) is 0 Å². The van der Waals surface area contributed by atoms with Crippen LogP contribution in [0.4, 0.5) is 0 Å². The molecule has 3 aromatic rings. The summed E-state index contributed by atoms with van der Waals surface area (Å²) >= 11 is 0. The lowest BCUT2D eigenvalue weighted by atomic mass is 10.1. The number of nitrogens with zero attached hydrogens (tertiary/aromatic N) is 3. The molecule has 0 unspecified atom stereocenters. The number of aromatic nitrogens is 2. The van der Waals surface area contributed by atoms with E-state index in [-0.39, 0.29) is 18.0 Å². The van der Waals surface area contributed by atoms with Gasteiger partial charge in [-0.3, -0.25) is 9.59 Å². The topological polar surface area (TPSA) is 64.4 Å². The van der Waals surface area contributed by atoms with Gasteiger partial charge in [-0.25, -0.2) is 4.68 Å². The summed E-state index contributed by atoms with van der Waals surface area (Å²) in [4.78, 5) is 26.6. The first-order chi connectivity index (χ1) is 13.0. The molecule has 0 fully saturated rings. The fourth-order valence-corrected chi connectivity index (χ4v) is 2.90. The van der Waals surface area contributed by atoms with Gasteiger partial charge in [0.25, 0.3) is 5.56 Å². The van der Waals surface area contributed by atoms with Crippen molar-refractivity contribution in [2.24, 2.45) is 0 Å². The van der Waals surface area contributed by atoms with Gasteiger partial charge in [0.1, 0.15) is 18.9 Å². The summed E-state index contributed by atoms with van der Waals surface area (Å²) in [5, 5.41) is 5.67. The number of hydrogen-bond acceptors (Lipinski definition) is 4. The highest BCUT2D eigenvalue weighted by atomic mass is 16.5. The van der Waals surface area contributed by atoms with Crippen LogP contribution in [-0.4, -0.2) is 40.8 Å². The lowest BCUT2D eigenvalue weighted by Gasteiger charge is -2.18. The molecule has 3 rings (SSSR count). The van der Waals surface area contributed by atoms with Crippen molar-refractivity contribution in [1.29, 1.82) is 0 Å². The fourth-order valence-electron chi connectivity index (χ4n) is 2.90. The summed E-state index contributed by atoms with van der Waals surface area (Å²) in [6.45, 7) is 4.53. The normalized spacial score (nSPS) is 10.8. The Morgan fingerprint density at radius 2 is 1.74 bits per heavy atom. The molecule has 6 nitrogen and oxygen atoms in total. The van der Waals surface area contributed by atoms with Gasteiger partial charge in [0.15, 0.2) is 0 Å². The number of ether oxygens (including phenoxy) is 1. The molecular formula is C21H23N3O3. The average molecular weight is 365 g/mol. The second-order valence-electron chi connectivity index (χ2n) is 6.52. The molecule has 2 aromatic carbocycles. The van der Waals surface area contributed by atoms with Crippen molar-refractivity contribution >= 4 is 16.7 Å². The van der Waals surface area contributed by atoms with Gasteiger partial charge in [-0.1, -0.05) is 36.4 Å². The van der Waals surface area contributed by atoms with Crippen molar-refractivity contribution in [3.63, 3.8) is 0 Å². The fraction of sp³-hybridized carbons (Fsp3) is 0.286. The summed E-state index contributed by atoms with van der Waals surface area (Å²) in [6.07, 6.45) is 0. The maximum atomic E-state index is 12.6. The number of hydrogen-bond donors (Lipinski definition) is 0. The molecule has 0 spiro atoms. The molecule has 0 radical (unpaired) electrons. The molecule has 140 valence electrons. The summed E-state index contributed by atoms with van der Waals surface area (Å²) in [6, 6.07) is 15.0. The van der Waals surface area contributed by atoms with Gasteiger partial charge >= 0.3 is 0 Å². The van der Waals surface area contributed by atoms with E-state index < -0.39 is 0 Å². The van der Waals surface area contributed by atoms with Crippen LogP contribution >= 0.6 is 0 Å². The first-order valence-electron chi connectivity index (χ1n) is 8.86. The van der Waals surface area contributed by atoms with Crippen LogP contribution < -0.4 is 10.3 Å². The first-order valence-corrected chi connectivity index (χ1v) is 8.86. The minimum atomic E-state index is -0.255. The first kappa shape index (κ1) is 18.6. The van der Waals surface area contributed by atoms with E-state index in [0.29, 0.717) is 18.5 Å². The molecule has 0 bridgehead atoms. The summed E-state index contributed by atoms with van der Waals surface area (Å²) in [7, 11) is 1.70. The molecule has 0 aliphatic rings. The number of likely N-dealkylation sites (N-methyl/N-ethyl adjacent to an activating group) is 1. The molecule has 6 heteroatoms. The van der Waals surface area contributed by atoms with Crippen LogP contribution in [0.3, 0.4) is 0 Å². The molecule has 0 saturated heterocycles. The molecule has 1 heterocycles. The van der Waals surface area contributed by atoms with E-state index in [1.165, 1.54) is 4.68 Å². The largest absolute Gasteiger partial charge is 0.491 e. The number of fused-ring (bicyclic) bond motifs is 1. The zero-order chi connectivity index (χ0) is 19.4. The second-order valence-corrected chi connectivity index (χ2v) is 6.52. The van der Waals surface area contributed by atoms with E-state index in [2.05, 4.69) is 5.10 Å². The minimum absolute atomic E-state index is 0.0919.